The fraction of sp³-hybridized carbons (Fsp3) is 0.350. The summed E-state index contributed by atoms with van der Waals surface area (Å²) in [6.07, 6.45) is 1.07. The highest BCUT2D eigenvalue weighted by atomic mass is 35.5. The number of hydrogen-bond acceptors (Lipinski definition) is 5. The number of carbonyl (C=O) groups excluding carboxylic acids is 1. The van der Waals surface area contributed by atoms with Gasteiger partial charge in [0, 0.05) is 23.1 Å². The molecular weight excluding hydrogens is 432 g/mol. The van der Waals surface area contributed by atoms with Crippen LogP contribution in [0.5, 0.6) is 5.75 Å². The minimum Gasteiger partial charge on any atom is -0.492 e. The van der Waals surface area contributed by atoms with Crippen molar-refractivity contribution in [1.29, 1.82) is 0 Å². The van der Waals surface area contributed by atoms with E-state index < -0.39 is 10.0 Å². The number of sulfonamides is 1. The minimum atomic E-state index is -3.65. The van der Waals surface area contributed by atoms with Crippen molar-refractivity contribution in [2.45, 2.75) is 12.7 Å². The van der Waals surface area contributed by atoms with Crippen LogP contribution in [-0.2, 0) is 20.6 Å². The van der Waals surface area contributed by atoms with Gasteiger partial charge >= 0.3 is 0 Å². The summed E-state index contributed by atoms with van der Waals surface area (Å²) in [6, 6.07) is 14.4. The number of ether oxygens (including phenoxy) is 1. The maximum absolute atomic E-state index is 12.3. The Bertz CT molecular complexity index is 922. The van der Waals surface area contributed by atoms with Crippen LogP contribution in [0.3, 0.4) is 0 Å². The first-order chi connectivity index (χ1) is 13.8. The molecule has 0 aliphatic carbocycles. The molecule has 0 aliphatic rings. The summed E-state index contributed by atoms with van der Waals surface area (Å²) in [4.78, 5) is 12.3. The summed E-state index contributed by atoms with van der Waals surface area (Å²) in [5.74, 6) is 1.54. The summed E-state index contributed by atoms with van der Waals surface area (Å²) < 4.78 is 31.1. The van der Waals surface area contributed by atoms with Gasteiger partial charge in [0.25, 0.3) is 0 Å². The predicted octanol–water partition coefficient (Wildman–Crippen LogP) is 3.55. The lowest BCUT2D eigenvalue weighted by Gasteiger charge is -2.24. The number of para-hydroxylation sites is 2. The molecule has 29 heavy (non-hydrogen) atoms. The topological polar surface area (TPSA) is 75.7 Å². The Balaban J connectivity index is 1.89. The lowest BCUT2D eigenvalue weighted by Crippen LogP contribution is -2.41. The monoisotopic (exact) mass is 456 g/mol. The third-order valence-electron chi connectivity index (χ3n) is 3.85. The van der Waals surface area contributed by atoms with Gasteiger partial charge in [0.2, 0.25) is 15.9 Å². The van der Waals surface area contributed by atoms with E-state index in [1.165, 1.54) is 0 Å². The molecule has 0 aliphatic heterocycles. The average Bonchev–Trinajstić information content (AvgIpc) is 2.66. The molecule has 0 radical (unpaired) electrons. The first-order valence-electron chi connectivity index (χ1n) is 9.09. The molecule has 0 heterocycles. The maximum Gasteiger partial charge on any atom is 0.240 e. The van der Waals surface area contributed by atoms with Crippen LogP contribution in [0.2, 0.25) is 5.02 Å². The number of carbonyl (C=O) groups is 1. The number of anilines is 1. The quantitative estimate of drug-likeness (QED) is 0.523. The van der Waals surface area contributed by atoms with Crippen molar-refractivity contribution < 1.29 is 17.9 Å². The second-order valence-corrected chi connectivity index (χ2v) is 9.65. The predicted molar refractivity (Wildman–Crippen MR) is 120 cm³/mol. The molecule has 158 valence electrons. The van der Waals surface area contributed by atoms with Crippen LogP contribution in [0.4, 0.5) is 5.69 Å². The molecule has 1 amide bonds. The number of thioether (sulfide) groups is 1. The highest BCUT2D eigenvalue weighted by Crippen LogP contribution is 2.29. The van der Waals surface area contributed by atoms with Gasteiger partial charge in [-0.25, -0.2) is 8.42 Å². The van der Waals surface area contributed by atoms with Gasteiger partial charge in [0.15, 0.2) is 0 Å². The number of nitrogens with zero attached hydrogens (tertiary/aromatic N) is 1. The van der Waals surface area contributed by atoms with E-state index in [-0.39, 0.29) is 12.5 Å². The van der Waals surface area contributed by atoms with Gasteiger partial charge < -0.3 is 10.1 Å². The average molecular weight is 457 g/mol. The van der Waals surface area contributed by atoms with E-state index in [0.29, 0.717) is 35.4 Å². The molecule has 0 aromatic heterocycles. The zero-order chi connectivity index (χ0) is 21.3. The Kier molecular flexibility index (Phi) is 9.13. The van der Waals surface area contributed by atoms with Gasteiger partial charge in [-0.05, 0) is 36.8 Å². The lowest BCUT2D eigenvalue weighted by molar-refractivity contribution is -0.119. The van der Waals surface area contributed by atoms with E-state index >= 15 is 0 Å². The van der Waals surface area contributed by atoms with Gasteiger partial charge in [-0.3, -0.25) is 9.10 Å². The molecule has 1 N–H and O–H groups in total. The molecular formula is C20H25ClN2O4S2. The van der Waals surface area contributed by atoms with Gasteiger partial charge in [0.1, 0.15) is 12.3 Å². The Morgan fingerprint density at radius 2 is 1.97 bits per heavy atom. The smallest absolute Gasteiger partial charge is 0.240 e. The third-order valence-corrected chi connectivity index (χ3v) is 6.24. The second-order valence-electron chi connectivity index (χ2n) is 6.20. The Morgan fingerprint density at radius 1 is 1.21 bits per heavy atom. The second kappa shape index (κ2) is 11.3. The number of amides is 1. The van der Waals surface area contributed by atoms with E-state index in [4.69, 9.17) is 16.3 Å². The normalized spacial score (nSPS) is 11.1. The standard InChI is InChI=1S/C20H25ClN2O4S2/c1-3-27-19-10-5-4-9-18(19)23(29(2,25)26)14-20(24)22-11-12-28-15-16-7-6-8-17(21)13-16/h4-10,13H,3,11-12,14-15H2,1-2H3,(H,22,24). The van der Waals surface area contributed by atoms with Crippen LogP contribution in [0.1, 0.15) is 12.5 Å². The first-order valence-corrected chi connectivity index (χ1v) is 12.5. The molecule has 2 aromatic rings. The van der Waals surface area contributed by atoms with Crippen LogP contribution in [-0.4, -0.2) is 46.0 Å². The largest absolute Gasteiger partial charge is 0.492 e. The van der Waals surface area contributed by atoms with E-state index in [0.717, 1.165) is 21.9 Å². The summed E-state index contributed by atoms with van der Waals surface area (Å²) >= 11 is 7.63. The van der Waals surface area contributed by atoms with Crippen molar-refractivity contribution >= 4 is 45.0 Å². The summed E-state index contributed by atoms with van der Waals surface area (Å²) in [5.41, 5.74) is 1.46. The molecule has 0 saturated carbocycles. The third kappa shape index (κ3) is 7.79. The van der Waals surface area contributed by atoms with E-state index in [2.05, 4.69) is 5.32 Å². The molecule has 0 fully saturated rings. The Hall–Kier alpha value is -1.90. The Morgan fingerprint density at radius 3 is 2.66 bits per heavy atom. The molecule has 0 bridgehead atoms. The van der Waals surface area contributed by atoms with Crippen molar-refractivity contribution in [3.8, 4) is 5.75 Å². The molecule has 6 nitrogen and oxygen atoms in total. The first kappa shape index (κ1) is 23.4. The molecule has 0 atom stereocenters. The van der Waals surface area contributed by atoms with Crippen LogP contribution in [0.25, 0.3) is 0 Å². The summed E-state index contributed by atoms with van der Waals surface area (Å²) in [6.45, 7) is 2.34. The van der Waals surface area contributed by atoms with Crippen molar-refractivity contribution in [3.63, 3.8) is 0 Å². The minimum absolute atomic E-state index is 0.304. The van der Waals surface area contributed by atoms with Crippen LogP contribution < -0.4 is 14.4 Å². The summed E-state index contributed by atoms with van der Waals surface area (Å²) in [5, 5.41) is 3.47. The fourth-order valence-corrected chi connectivity index (χ4v) is 4.47. The highest BCUT2D eigenvalue weighted by Gasteiger charge is 2.23. The Labute approximate surface area is 181 Å². The number of benzene rings is 2. The highest BCUT2D eigenvalue weighted by molar-refractivity contribution is 7.98. The number of rotatable bonds is 11. The zero-order valence-electron chi connectivity index (χ0n) is 16.4. The SMILES string of the molecule is CCOc1ccccc1N(CC(=O)NCCSCc1cccc(Cl)c1)S(C)(=O)=O. The van der Waals surface area contributed by atoms with Crippen molar-refractivity contribution in [2.24, 2.45) is 0 Å². The zero-order valence-corrected chi connectivity index (χ0v) is 18.8. The lowest BCUT2D eigenvalue weighted by atomic mass is 10.2. The van der Waals surface area contributed by atoms with Crippen molar-refractivity contribution in [3.05, 3.63) is 59.1 Å². The van der Waals surface area contributed by atoms with Crippen LogP contribution >= 0.6 is 23.4 Å². The van der Waals surface area contributed by atoms with Gasteiger partial charge in [0.05, 0.1) is 18.6 Å². The molecule has 0 unspecified atom stereocenters. The number of halogens is 1. The van der Waals surface area contributed by atoms with Crippen LogP contribution in [0, 0.1) is 0 Å². The van der Waals surface area contributed by atoms with Crippen LogP contribution in [0.15, 0.2) is 48.5 Å². The number of nitrogens with one attached hydrogen (secondary N) is 1. The summed E-state index contributed by atoms with van der Waals surface area (Å²) in [7, 11) is -3.65. The fourth-order valence-electron chi connectivity index (χ4n) is 2.59. The van der Waals surface area contributed by atoms with Gasteiger partial charge in [-0.2, -0.15) is 11.8 Å². The van der Waals surface area contributed by atoms with E-state index in [1.54, 1.807) is 36.0 Å². The molecule has 9 heteroatoms. The van der Waals surface area contributed by atoms with Gasteiger partial charge in [-0.15, -0.1) is 0 Å². The van der Waals surface area contributed by atoms with E-state index in [1.807, 2.05) is 31.2 Å². The molecule has 0 spiro atoms. The molecule has 0 saturated heterocycles. The van der Waals surface area contributed by atoms with Crippen molar-refractivity contribution in [1.82, 2.24) is 5.32 Å². The van der Waals surface area contributed by atoms with Crippen molar-refractivity contribution in [2.75, 3.05) is 36.0 Å². The number of hydrogen-bond donors (Lipinski definition) is 1. The molecule has 2 rings (SSSR count). The molecule has 2 aromatic carbocycles. The van der Waals surface area contributed by atoms with Gasteiger partial charge in [-0.1, -0.05) is 35.9 Å². The maximum atomic E-state index is 12.3. The van der Waals surface area contributed by atoms with E-state index in [9.17, 15) is 13.2 Å².